The van der Waals surface area contributed by atoms with Gasteiger partial charge >= 0.3 is 0 Å². The molecule has 0 aliphatic carbocycles. The molecule has 8 rings (SSSR count). The number of hydrogen-bond acceptors (Lipinski definition) is 4. The molecule has 4 nitrogen and oxygen atoms in total. The van der Waals surface area contributed by atoms with E-state index >= 15 is 0 Å². The van der Waals surface area contributed by atoms with E-state index in [4.69, 9.17) is 11.5 Å². The van der Waals surface area contributed by atoms with Gasteiger partial charge in [-0.15, -0.1) is 0 Å². The Labute approximate surface area is 281 Å². The number of benzene rings is 8. The van der Waals surface area contributed by atoms with Crippen molar-refractivity contribution in [3.8, 4) is 0 Å². The normalized spacial score (nSPS) is 10.7. The highest BCUT2D eigenvalue weighted by molar-refractivity contribution is 6.00. The average Bonchev–Trinajstić information content (AvgIpc) is 3.15. The quantitative estimate of drug-likeness (QED) is 0.182. The third-order valence-corrected chi connectivity index (χ3v) is 8.35. The van der Waals surface area contributed by atoms with E-state index in [2.05, 4.69) is 168 Å². The SMILES string of the molecule is Nc1ccc(N(c2ccccc2)c2cccc3ccccc23)cc1.Nc1ccc(N(c2ccccc2)c2cccc3ccccc23)cc1. The van der Waals surface area contributed by atoms with Crippen molar-refractivity contribution in [3.05, 3.63) is 194 Å². The van der Waals surface area contributed by atoms with Crippen LogP contribution in [-0.4, -0.2) is 0 Å². The number of nitrogen functional groups attached to an aromatic ring is 2. The molecular weight excluding hydrogens is 585 g/mol. The Hall–Kier alpha value is -6.52. The molecule has 0 aromatic heterocycles. The van der Waals surface area contributed by atoms with Gasteiger partial charge in [0.2, 0.25) is 0 Å². The van der Waals surface area contributed by atoms with E-state index in [0.29, 0.717) is 0 Å². The fraction of sp³-hybridized carbons (Fsp3) is 0. The summed E-state index contributed by atoms with van der Waals surface area (Å²) in [6.07, 6.45) is 0. The number of hydrogen-bond donors (Lipinski definition) is 2. The van der Waals surface area contributed by atoms with Crippen molar-refractivity contribution in [2.24, 2.45) is 0 Å². The maximum atomic E-state index is 5.88. The van der Waals surface area contributed by atoms with Crippen LogP contribution in [0.25, 0.3) is 21.5 Å². The van der Waals surface area contributed by atoms with Gasteiger partial charge in [0, 0.05) is 44.9 Å². The summed E-state index contributed by atoms with van der Waals surface area (Å²) in [6.45, 7) is 0. The number of fused-ring (bicyclic) bond motifs is 2. The van der Waals surface area contributed by atoms with Gasteiger partial charge in [-0.25, -0.2) is 0 Å². The molecule has 0 fully saturated rings. The first-order valence-electron chi connectivity index (χ1n) is 16.0. The van der Waals surface area contributed by atoms with Crippen molar-refractivity contribution in [3.63, 3.8) is 0 Å². The molecule has 0 heterocycles. The van der Waals surface area contributed by atoms with Gasteiger partial charge in [-0.2, -0.15) is 0 Å². The summed E-state index contributed by atoms with van der Waals surface area (Å²) < 4.78 is 0. The standard InChI is InChI=1S/2C22H18N2/c2*23-18-13-15-20(16-14-18)24(19-9-2-1-3-10-19)22-12-6-8-17-7-4-5-11-21(17)22/h2*1-16H,23H2. The monoisotopic (exact) mass is 620 g/mol. The molecule has 0 radical (unpaired) electrons. The number of para-hydroxylation sites is 2. The fourth-order valence-corrected chi connectivity index (χ4v) is 6.06. The fourth-order valence-electron chi connectivity index (χ4n) is 6.06. The largest absolute Gasteiger partial charge is 0.399 e. The zero-order chi connectivity index (χ0) is 32.7. The van der Waals surface area contributed by atoms with E-state index < -0.39 is 0 Å². The molecule has 0 bridgehead atoms. The Kier molecular flexibility index (Phi) is 8.70. The van der Waals surface area contributed by atoms with Crippen molar-refractivity contribution < 1.29 is 0 Å². The maximum absolute atomic E-state index is 5.88. The second kappa shape index (κ2) is 13.9. The van der Waals surface area contributed by atoms with Crippen LogP contribution in [0.1, 0.15) is 0 Å². The molecule has 0 aliphatic rings. The predicted octanol–water partition coefficient (Wildman–Crippen LogP) is 11.8. The van der Waals surface area contributed by atoms with E-state index in [0.717, 1.165) is 45.5 Å². The summed E-state index contributed by atoms with van der Waals surface area (Å²) in [5.74, 6) is 0. The van der Waals surface area contributed by atoms with Crippen LogP contribution < -0.4 is 21.3 Å². The summed E-state index contributed by atoms with van der Waals surface area (Å²) in [5.41, 5.74) is 20.0. The van der Waals surface area contributed by atoms with E-state index in [1.807, 2.05) is 36.4 Å². The number of rotatable bonds is 6. The van der Waals surface area contributed by atoms with Gasteiger partial charge in [0.1, 0.15) is 0 Å². The minimum atomic E-state index is 0.768. The Morgan fingerprint density at radius 2 is 0.583 bits per heavy atom. The number of anilines is 8. The van der Waals surface area contributed by atoms with Crippen molar-refractivity contribution in [1.82, 2.24) is 0 Å². The van der Waals surface area contributed by atoms with Crippen molar-refractivity contribution in [2.75, 3.05) is 21.3 Å². The summed E-state index contributed by atoms with van der Waals surface area (Å²) in [7, 11) is 0. The Morgan fingerprint density at radius 3 is 0.979 bits per heavy atom. The van der Waals surface area contributed by atoms with Crippen molar-refractivity contribution in [2.45, 2.75) is 0 Å². The molecule has 0 saturated carbocycles. The van der Waals surface area contributed by atoms with Crippen LogP contribution in [0.4, 0.5) is 45.5 Å². The lowest BCUT2D eigenvalue weighted by atomic mass is 10.1. The molecule has 0 saturated heterocycles. The van der Waals surface area contributed by atoms with Crippen molar-refractivity contribution >= 4 is 67.0 Å². The first kappa shape index (κ1) is 30.2. The van der Waals surface area contributed by atoms with Gasteiger partial charge in [0.05, 0.1) is 11.4 Å². The van der Waals surface area contributed by atoms with Crippen molar-refractivity contribution in [1.29, 1.82) is 0 Å². The van der Waals surface area contributed by atoms with Gasteiger partial charge < -0.3 is 21.3 Å². The second-order valence-corrected chi connectivity index (χ2v) is 11.5. The topological polar surface area (TPSA) is 58.5 Å². The first-order valence-corrected chi connectivity index (χ1v) is 16.0. The van der Waals surface area contributed by atoms with Gasteiger partial charge in [-0.1, -0.05) is 109 Å². The molecule has 4 N–H and O–H groups in total. The molecule has 0 aliphatic heterocycles. The molecule has 0 unspecified atom stereocenters. The van der Waals surface area contributed by atoms with Crippen LogP contribution in [0.5, 0.6) is 0 Å². The van der Waals surface area contributed by atoms with Gasteiger partial charge in [-0.05, 0) is 95.7 Å². The van der Waals surface area contributed by atoms with Crippen LogP contribution >= 0.6 is 0 Å². The summed E-state index contributed by atoms with van der Waals surface area (Å²) in [6, 6.07) is 66.5. The van der Waals surface area contributed by atoms with Crippen LogP contribution in [0.15, 0.2) is 194 Å². The molecule has 8 aromatic carbocycles. The Bertz CT molecular complexity index is 2070. The zero-order valence-corrected chi connectivity index (χ0v) is 26.5. The number of nitrogens with zero attached hydrogens (tertiary/aromatic N) is 2. The summed E-state index contributed by atoms with van der Waals surface area (Å²) in [4.78, 5) is 4.53. The second-order valence-electron chi connectivity index (χ2n) is 11.5. The molecule has 48 heavy (non-hydrogen) atoms. The maximum Gasteiger partial charge on any atom is 0.0540 e. The van der Waals surface area contributed by atoms with Gasteiger partial charge in [-0.3, -0.25) is 0 Å². The first-order chi connectivity index (χ1) is 23.7. The third kappa shape index (κ3) is 6.41. The van der Waals surface area contributed by atoms with Crippen LogP contribution in [0.2, 0.25) is 0 Å². The van der Waals surface area contributed by atoms with Crippen LogP contribution in [-0.2, 0) is 0 Å². The predicted molar refractivity (Wildman–Crippen MR) is 206 cm³/mol. The van der Waals surface area contributed by atoms with E-state index in [1.165, 1.54) is 21.5 Å². The third-order valence-electron chi connectivity index (χ3n) is 8.35. The van der Waals surface area contributed by atoms with Crippen LogP contribution in [0.3, 0.4) is 0 Å². The smallest absolute Gasteiger partial charge is 0.0540 e. The summed E-state index contributed by atoms with van der Waals surface area (Å²) >= 11 is 0. The average molecular weight is 621 g/mol. The van der Waals surface area contributed by atoms with E-state index in [9.17, 15) is 0 Å². The number of nitrogens with two attached hydrogens (primary N) is 2. The van der Waals surface area contributed by atoms with E-state index in [1.54, 1.807) is 0 Å². The highest BCUT2D eigenvalue weighted by atomic mass is 15.1. The van der Waals surface area contributed by atoms with Gasteiger partial charge in [0.25, 0.3) is 0 Å². The Morgan fingerprint density at radius 1 is 0.271 bits per heavy atom. The minimum Gasteiger partial charge on any atom is -0.399 e. The van der Waals surface area contributed by atoms with Gasteiger partial charge in [0.15, 0.2) is 0 Å². The molecular formula is C44H36N4. The molecule has 0 amide bonds. The highest BCUT2D eigenvalue weighted by Crippen LogP contribution is 2.40. The zero-order valence-electron chi connectivity index (χ0n) is 26.5. The van der Waals surface area contributed by atoms with Crippen LogP contribution in [0, 0.1) is 0 Å². The lowest BCUT2D eigenvalue weighted by Gasteiger charge is -2.26. The Balaban J connectivity index is 0.000000152. The molecule has 0 atom stereocenters. The minimum absolute atomic E-state index is 0.768. The molecule has 8 aromatic rings. The van der Waals surface area contributed by atoms with E-state index in [-0.39, 0.29) is 0 Å². The lowest BCUT2D eigenvalue weighted by molar-refractivity contribution is 1.30. The highest BCUT2D eigenvalue weighted by Gasteiger charge is 2.16. The molecule has 0 spiro atoms. The molecule has 4 heteroatoms. The molecule has 232 valence electrons. The lowest BCUT2D eigenvalue weighted by Crippen LogP contribution is -2.10. The summed E-state index contributed by atoms with van der Waals surface area (Å²) in [5, 5.41) is 4.90.